The van der Waals surface area contributed by atoms with Gasteiger partial charge in [0.05, 0.1) is 6.61 Å². The van der Waals surface area contributed by atoms with E-state index in [1.54, 1.807) is 0 Å². The first-order valence-corrected chi connectivity index (χ1v) is 7.70. The molecular formula is C16H22ClNO. The van der Waals surface area contributed by atoms with Gasteiger partial charge >= 0.3 is 0 Å². The Kier molecular flexibility index (Phi) is 3.99. The fourth-order valence-corrected chi connectivity index (χ4v) is 3.99. The van der Waals surface area contributed by atoms with Crippen LogP contribution < -0.4 is 10.1 Å². The first-order valence-electron chi connectivity index (χ1n) is 7.32. The molecule has 0 spiro atoms. The van der Waals surface area contributed by atoms with Crippen LogP contribution in [0.25, 0.3) is 0 Å². The first-order chi connectivity index (χ1) is 9.26. The molecule has 2 nitrogen and oxygen atoms in total. The quantitative estimate of drug-likeness (QED) is 0.883. The van der Waals surface area contributed by atoms with Crippen molar-refractivity contribution < 1.29 is 4.74 Å². The van der Waals surface area contributed by atoms with Gasteiger partial charge in [-0.05, 0) is 62.3 Å². The average molecular weight is 280 g/mol. The minimum atomic E-state index is 0.775. The highest BCUT2D eigenvalue weighted by Crippen LogP contribution is 2.48. The molecule has 2 bridgehead atoms. The van der Waals surface area contributed by atoms with Crippen LogP contribution in [0.2, 0.25) is 5.02 Å². The van der Waals surface area contributed by atoms with Crippen LogP contribution in [0.5, 0.6) is 5.75 Å². The third kappa shape index (κ3) is 2.90. The Labute approximate surface area is 120 Å². The van der Waals surface area contributed by atoms with Crippen LogP contribution in [0.1, 0.15) is 31.2 Å². The van der Waals surface area contributed by atoms with E-state index in [4.69, 9.17) is 16.3 Å². The molecule has 0 radical (unpaired) electrons. The maximum Gasteiger partial charge on any atom is 0.123 e. The van der Waals surface area contributed by atoms with Gasteiger partial charge in [-0.3, -0.25) is 0 Å². The fourth-order valence-electron chi connectivity index (χ4n) is 3.79. The summed E-state index contributed by atoms with van der Waals surface area (Å²) >= 11 is 6.05. The molecule has 0 heterocycles. The van der Waals surface area contributed by atoms with Crippen molar-refractivity contribution in [2.45, 2.75) is 32.2 Å². The van der Waals surface area contributed by atoms with Crippen LogP contribution in [0.3, 0.4) is 0 Å². The Morgan fingerprint density at radius 2 is 2.21 bits per heavy atom. The van der Waals surface area contributed by atoms with Crippen molar-refractivity contribution in [1.29, 1.82) is 0 Å². The van der Waals surface area contributed by atoms with Crippen LogP contribution in [0.15, 0.2) is 18.2 Å². The molecule has 3 heteroatoms. The zero-order chi connectivity index (χ0) is 13.2. The molecule has 1 N–H and O–H groups in total. The van der Waals surface area contributed by atoms with Gasteiger partial charge in [-0.1, -0.05) is 18.0 Å². The monoisotopic (exact) mass is 279 g/mol. The molecule has 0 aromatic heterocycles. The number of hydrogen-bond acceptors (Lipinski definition) is 2. The van der Waals surface area contributed by atoms with Gasteiger partial charge in [0, 0.05) is 17.1 Å². The summed E-state index contributed by atoms with van der Waals surface area (Å²) in [6.07, 6.45) is 5.69. The predicted octanol–water partition coefficient (Wildman–Crippen LogP) is 3.87. The molecule has 19 heavy (non-hydrogen) atoms. The van der Waals surface area contributed by atoms with Crippen LogP contribution >= 0.6 is 11.6 Å². The van der Waals surface area contributed by atoms with E-state index in [2.05, 4.69) is 5.32 Å². The molecule has 3 rings (SSSR count). The van der Waals surface area contributed by atoms with Crippen molar-refractivity contribution in [1.82, 2.24) is 5.32 Å². The Bertz CT molecular complexity index is 448. The van der Waals surface area contributed by atoms with Gasteiger partial charge in [-0.25, -0.2) is 0 Å². The number of ether oxygens (including phenoxy) is 1. The molecule has 0 saturated heterocycles. The van der Waals surface area contributed by atoms with E-state index in [1.165, 1.54) is 25.7 Å². The van der Waals surface area contributed by atoms with E-state index in [0.29, 0.717) is 0 Å². The summed E-state index contributed by atoms with van der Waals surface area (Å²) in [6.45, 7) is 1.67. The van der Waals surface area contributed by atoms with Crippen molar-refractivity contribution in [3.8, 4) is 5.75 Å². The predicted molar refractivity (Wildman–Crippen MR) is 78.6 cm³/mol. The molecule has 0 aliphatic heterocycles. The molecule has 104 valence electrons. The fraction of sp³-hybridized carbons (Fsp3) is 0.625. The highest BCUT2D eigenvalue weighted by molar-refractivity contribution is 6.30. The molecule has 2 fully saturated rings. The maximum atomic E-state index is 6.08. The minimum absolute atomic E-state index is 0.775. The minimum Gasteiger partial charge on any atom is -0.493 e. The molecule has 3 atom stereocenters. The summed E-state index contributed by atoms with van der Waals surface area (Å²) in [5.41, 5.74) is 1.15. The second kappa shape index (κ2) is 5.72. The summed E-state index contributed by atoms with van der Waals surface area (Å²) in [5, 5.41) is 3.94. The number of rotatable bonds is 5. The number of halogens is 1. The van der Waals surface area contributed by atoms with Crippen molar-refractivity contribution in [2.24, 2.45) is 17.8 Å². The zero-order valence-corrected chi connectivity index (χ0v) is 12.2. The largest absolute Gasteiger partial charge is 0.493 e. The van der Waals surface area contributed by atoms with Crippen LogP contribution in [-0.4, -0.2) is 13.7 Å². The number of nitrogens with one attached hydrogen (secondary N) is 1. The molecule has 0 amide bonds. The summed E-state index contributed by atoms with van der Waals surface area (Å²) in [6, 6.07) is 5.91. The standard InChI is InChI=1S/C16H22ClNO/c1-18-9-13-8-15(17)4-5-16(13)19-10-14-7-11-2-3-12(14)6-11/h4-5,8,11-12,14,18H,2-3,6-7,9-10H2,1H3. The van der Waals surface area contributed by atoms with Crippen LogP contribution in [0.4, 0.5) is 0 Å². The molecule has 3 unspecified atom stereocenters. The van der Waals surface area contributed by atoms with E-state index < -0.39 is 0 Å². The second-order valence-corrected chi connectivity index (χ2v) is 6.46. The van der Waals surface area contributed by atoms with E-state index in [9.17, 15) is 0 Å². The summed E-state index contributed by atoms with van der Waals surface area (Å²) < 4.78 is 6.08. The van der Waals surface area contributed by atoms with E-state index in [0.717, 1.165) is 47.2 Å². The van der Waals surface area contributed by atoms with E-state index >= 15 is 0 Å². The lowest BCUT2D eigenvalue weighted by Crippen LogP contribution is -2.19. The molecular weight excluding hydrogens is 258 g/mol. The lowest BCUT2D eigenvalue weighted by molar-refractivity contribution is 0.194. The van der Waals surface area contributed by atoms with Gasteiger partial charge in [0.1, 0.15) is 5.75 Å². The van der Waals surface area contributed by atoms with Gasteiger partial charge in [-0.2, -0.15) is 0 Å². The molecule has 2 aliphatic carbocycles. The zero-order valence-electron chi connectivity index (χ0n) is 11.5. The Morgan fingerprint density at radius 1 is 1.32 bits per heavy atom. The smallest absolute Gasteiger partial charge is 0.123 e. The first kappa shape index (κ1) is 13.3. The lowest BCUT2D eigenvalue weighted by Gasteiger charge is -2.22. The van der Waals surface area contributed by atoms with Gasteiger partial charge in [0.15, 0.2) is 0 Å². The topological polar surface area (TPSA) is 21.3 Å². The van der Waals surface area contributed by atoms with Crippen molar-refractivity contribution in [3.63, 3.8) is 0 Å². The van der Waals surface area contributed by atoms with Crippen molar-refractivity contribution in [3.05, 3.63) is 28.8 Å². The highest BCUT2D eigenvalue weighted by Gasteiger charge is 2.39. The summed E-state index contributed by atoms with van der Waals surface area (Å²) in [7, 11) is 1.95. The van der Waals surface area contributed by atoms with Crippen molar-refractivity contribution in [2.75, 3.05) is 13.7 Å². The second-order valence-electron chi connectivity index (χ2n) is 6.03. The Balaban J connectivity index is 1.63. The highest BCUT2D eigenvalue weighted by atomic mass is 35.5. The molecule has 2 saturated carbocycles. The van der Waals surface area contributed by atoms with Gasteiger partial charge in [0.2, 0.25) is 0 Å². The maximum absolute atomic E-state index is 6.08. The number of benzene rings is 1. The van der Waals surface area contributed by atoms with Gasteiger partial charge < -0.3 is 10.1 Å². The van der Waals surface area contributed by atoms with Gasteiger partial charge in [-0.15, -0.1) is 0 Å². The van der Waals surface area contributed by atoms with E-state index in [1.807, 2.05) is 25.2 Å². The number of hydrogen-bond donors (Lipinski definition) is 1. The summed E-state index contributed by atoms with van der Waals surface area (Å²) in [5.74, 6) is 3.67. The Morgan fingerprint density at radius 3 is 2.89 bits per heavy atom. The van der Waals surface area contributed by atoms with E-state index in [-0.39, 0.29) is 0 Å². The average Bonchev–Trinajstić information content (AvgIpc) is 3.00. The van der Waals surface area contributed by atoms with Crippen LogP contribution in [0, 0.1) is 17.8 Å². The molecule has 1 aromatic rings. The Hall–Kier alpha value is -0.730. The van der Waals surface area contributed by atoms with Crippen molar-refractivity contribution >= 4 is 11.6 Å². The third-order valence-electron chi connectivity index (χ3n) is 4.73. The normalized spacial score (nSPS) is 28.8. The summed E-state index contributed by atoms with van der Waals surface area (Å²) in [4.78, 5) is 0. The van der Waals surface area contributed by atoms with Crippen LogP contribution in [-0.2, 0) is 6.54 Å². The molecule has 2 aliphatic rings. The number of fused-ring (bicyclic) bond motifs is 2. The lowest BCUT2D eigenvalue weighted by atomic mass is 9.89. The molecule has 1 aromatic carbocycles. The van der Waals surface area contributed by atoms with Gasteiger partial charge in [0.25, 0.3) is 0 Å². The third-order valence-corrected chi connectivity index (χ3v) is 4.96. The SMILES string of the molecule is CNCc1cc(Cl)ccc1OCC1CC2CCC1C2.